The van der Waals surface area contributed by atoms with E-state index in [9.17, 15) is 12.8 Å². The molecule has 1 aliphatic rings. The van der Waals surface area contributed by atoms with Gasteiger partial charge in [-0.05, 0) is 36.4 Å². The average molecular weight is 402 g/mol. The Morgan fingerprint density at radius 3 is 2.39 bits per heavy atom. The van der Waals surface area contributed by atoms with Gasteiger partial charge in [-0.15, -0.1) is 0 Å². The van der Waals surface area contributed by atoms with E-state index in [4.69, 9.17) is 4.42 Å². The number of nitrogens with one attached hydrogen (secondary N) is 1. The predicted octanol–water partition coefficient (Wildman–Crippen LogP) is 1.57. The Labute approximate surface area is 163 Å². The molecular formula is C20H21FN3O3S+. The minimum Gasteiger partial charge on any atom is -0.435 e. The second kappa shape index (κ2) is 7.83. The van der Waals surface area contributed by atoms with Crippen LogP contribution in [0.3, 0.4) is 0 Å². The Morgan fingerprint density at radius 1 is 1.04 bits per heavy atom. The minimum atomic E-state index is -3.44. The number of rotatable bonds is 5. The molecule has 146 valence electrons. The lowest BCUT2D eigenvalue weighted by Gasteiger charge is -2.30. The average Bonchev–Trinajstić information content (AvgIpc) is 3.18. The maximum Gasteiger partial charge on any atom is 0.250 e. The van der Waals surface area contributed by atoms with E-state index in [1.54, 1.807) is 48.7 Å². The molecule has 1 N–H and O–H groups in total. The molecule has 4 rings (SSSR count). The van der Waals surface area contributed by atoms with Gasteiger partial charge in [0.1, 0.15) is 5.82 Å². The third kappa shape index (κ3) is 3.99. The summed E-state index contributed by atoms with van der Waals surface area (Å²) in [6, 6.07) is 14.6. The molecule has 2 aromatic carbocycles. The van der Waals surface area contributed by atoms with Crippen molar-refractivity contribution >= 4 is 10.0 Å². The van der Waals surface area contributed by atoms with Crippen LogP contribution in [0.5, 0.6) is 0 Å². The van der Waals surface area contributed by atoms with Crippen LogP contribution in [0.1, 0.15) is 5.89 Å². The van der Waals surface area contributed by atoms with Crippen molar-refractivity contribution in [1.29, 1.82) is 0 Å². The molecule has 0 atom stereocenters. The van der Waals surface area contributed by atoms with Crippen molar-refractivity contribution in [3.63, 3.8) is 0 Å². The molecule has 3 aromatic rings. The van der Waals surface area contributed by atoms with E-state index in [-0.39, 0.29) is 5.82 Å². The van der Waals surface area contributed by atoms with Gasteiger partial charge in [-0.3, -0.25) is 0 Å². The summed E-state index contributed by atoms with van der Waals surface area (Å²) in [5, 5.41) is 0. The van der Waals surface area contributed by atoms with Crippen molar-refractivity contribution < 1.29 is 22.1 Å². The van der Waals surface area contributed by atoms with Gasteiger partial charge < -0.3 is 9.32 Å². The number of aromatic nitrogens is 1. The summed E-state index contributed by atoms with van der Waals surface area (Å²) in [5.74, 6) is 0.893. The fraction of sp³-hybridized carbons (Fsp3) is 0.250. The minimum absolute atomic E-state index is 0.295. The van der Waals surface area contributed by atoms with Crippen molar-refractivity contribution in [3.8, 4) is 11.3 Å². The Hall–Kier alpha value is -2.55. The van der Waals surface area contributed by atoms with Crippen LogP contribution in [0.2, 0.25) is 0 Å². The summed E-state index contributed by atoms with van der Waals surface area (Å²) < 4.78 is 45.8. The van der Waals surface area contributed by atoms with E-state index in [1.807, 2.05) is 0 Å². The Kier molecular flexibility index (Phi) is 5.25. The van der Waals surface area contributed by atoms with Crippen LogP contribution in [0.4, 0.5) is 4.39 Å². The van der Waals surface area contributed by atoms with E-state index < -0.39 is 10.0 Å². The molecule has 0 aliphatic carbocycles. The maximum absolute atomic E-state index is 13.0. The first-order chi connectivity index (χ1) is 13.5. The zero-order valence-electron chi connectivity index (χ0n) is 15.2. The van der Waals surface area contributed by atoms with Gasteiger partial charge in [-0.25, -0.2) is 17.8 Å². The van der Waals surface area contributed by atoms with Crippen molar-refractivity contribution in [2.24, 2.45) is 0 Å². The lowest BCUT2D eigenvalue weighted by molar-refractivity contribution is -0.918. The summed E-state index contributed by atoms with van der Waals surface area (Å²) >= 11 is 0. The number of benzene rings is 2. The van der Waals surface area contributed by atoms with E-state index in [1.165, 1.54) is 21.3 Å². The molecule has 0 radical (unpaired) electrons. The van der Waals surface area contributed by atoms with Gasteiger partial charge in [0.25, 0.3) is 5.89 Å². The van der Waals surface area contributed by atoms with Crippen LogP contribution in [-0.2, 0) is 16.6 Å². The highest BCUT2D eigenvalue weighted by molar-refractivity contribution is 7.89. The number of hydrogen-bond acceptors (Lipinski definition) is 4. The SMILES string of the molecule is O=S(=O)(c1ccccc1)N1CC[NH+](Cc2ncc(-c3ccc(F)cc3)o2)CC1. The van der Waals surface area contributed by atoms with Gasteiger partial charge in [0, 0.05) is 5.56 Å². The Balaban J connectivity index is 1.37. The number of sulfonamides is 1. The quantitative estimate of drug-likeness (QED) is 0.704. The van der Waals surface area contributed by atoms with E-state index >= 15 is 0 Å². The van der Waals surface area contributed by atoms with Crippen molar-refractivity contribution in [2.45, 2.75) is 11.4 Å². The first kappa shape index (κ1) is 18.8. The highest BCUT2D eigenvalue weighted by Gasteiger charge is 2.30. The first-order valence-corrected chi connectivity index (χ1v) is 10.6. The number of hydrogen-bond donors (Lipinski definition) is 1. The van der Waals surface area contributed by atoms with Crippen LogP contribution >= 0.6 is 0 Å². The van der Waals surface area contributed by atoms with Crippen molar-refractivity contribution in [3.05, 3.63) is 72.5 Å². The van der Waals surface area contributed by atoms with Crippen molar-refractivity contribution in [1.82, 2.24) is 9.29 Å². The molecule has 0 unspecified atom stereocenters. The number of piperazine rings is 1. The largest absolute Gasteiger partial charge is 0.435 e. The highest BCUT2D eigenvalue weighted by Crippen LogP contribution is 2.20. The fourth-order valence-corrected chi connectivity index (χ4v) is 4.78. The van der Waals surface area contributed by atoms with Gasteiger partial charge >= 0.3 is 0 Å². The summed E-state index contributed by atoms with van der Waals surface area (Å²) in [6.07, 6.45) is 1.64. The third-order valence-corrected chi connectivity index (χ3v) is 6.81. The van der Waals surface area contributed by atoms with Gasteiger partial charge in [0.15, 0.2) is 12.3 Å². The van der Waals surface area contributed by atoms with Gasteiger partial charge in [0.2, 0.25) is 10.0 Å². The lowest BCUT2D eigenvalue weighted by Crippen LogP contribution is -3.13. The summed E-state index contributed by atoms with van der Waals surface area (Å²) in [5.41, 5.74) is 0.772. The van der Waals surface area contributed by atoms with Crippen LogP contribution < -0.4 is 4.90 Å². The second-order valence-corrected chi connectivity index (χ2v) is 8.71. The highest BCUT2D eigenvalue weighted by atomic mass is 32.2. The topological polar surface area (TPSA) is 67.8 Å². The maximum atomic E-state index is 13.0. The molecule has 1 fully saturated rings. The molecule has 2 heterocycles. The molecule has 28 heavy (non-hydrogen) atoms. The smallest absolute Gasteiger partial charge is 0.250 e. The number of halogens is 1. The molecule has 0 spiro atoms. The molecule has 1 aromatic heterocycles. The molecule has 0 bridgehead atoms. The molecule has 6 nitrogen and oxygen atoms in total. The van der Waals surface area contributed by atoms with E-state index in [0.717, 1.165) is 5.56 Å². The van der Waals surface area contributed by atoms with E-state index in [0.29, 0.717) is 49.3 Å². The Bertz CT molecular complexity index is 1030. The molecule has 0 amide bonds. The second-order valence-electron chi connectivity index (χ2n) is 6.77. The van der Waals surface area contributed by atoms with Gasteiger partial charge in [0.05, 0.1) is 37.3 Å². The Morgan fingerprint density at radius 2 is 1.71 bits per heavy atom. The molecule has 0 saturated carbocycles. The monoisotopic (exact) mass is 402 g/mol. The lowest BCUT2D eigenvalue weighted by atomic mass is 10.2. The standard InChI is InChI=1S/C20H20FN3O3S/c21-17-8-6-16(7-9-17)19-14-22-20(27-19)15-23-10-12-24(13-11-23)28(25,26)18-4-2-1-3-5-18/h1-9,14H,10-13,15H2/p+1. The van der Waals surface area contributed by atoms with Gasteiger partial charge in [-0.1, -0.05) is 18.2 Å². The fourth-order valence-electron chi connectivity index (χ4n) is 3.31. The van der Waals surface area contributed by atoms with Gasteiger partial charge in [-0.2, -0.15) is 4.31 Å². The molecule has 1 saturated heterocycles. The zero-order valence-corrected chi connectivity index (χ0v) is 16.0. The number of quaternary nitrogens is 1. The summed E-state index contributed by atoms with van der Waals surface area (Å²) in [6.45, 7) is 2.86. The van der Waals surface area contributed by atoms with Crippen LogP contribution in [0.15, 0.2) is 70.1 Å². The van der Waals surface area contributed by atoms with E-state index in [2.05, 4.69) is 4.98 Å². The van der Waals surface area contributed by atoms with Crippen LogP contribution in [0, 0.1) is 5.82 Å². The summed E-state index contributed by atoms with van der Waals surface area (Å²) in [4.78, 5) is 5.85. The first-order valence-electron chi connectivity index (χ1n) is 9.12. The number of nitrogens with zero attached hydrogens (tertiary/aromatic N) is 2. The number of oxazole rings is 1. The predicted molar refractivity (Wildman–Crippen MR) is 101 cm³/mol. The summed E-state index contributed by atoms with van der Waals surface area (Å²) in [7, 11) is -3.44. The normalized spacial score (nSPS) is 16.3. The van der Waals surface area contributed by atoms with Crippen molar-refractivity contribution in [2.75, 3.05) is 26.2 Å². The molecule has 1 aliphatic heterocycles. The zero-order chi connectivity index (χ0) is 19.6. The van der Waals surface area contributed by atoms with Crippen LogP contribution in [0.25, 0.3) is 11.3 Å². The third-order valence-electron chi connectivity index (χ3n) is 4.89. The molecular weight excluding hydrogens is 381 g/mol. The van der Waals surface area contributed by atoms with Crippen LogP contribution in [-0.4, -0.2) is 43.9 Å². The molecule has 8 heteroatoms.